The largest absolute Gasteiger partial charge is 0.393 e. The van der Waals surface area contributed by atoms with Gasteiger partial charge in [0.2, 0.25) is 0 Å². The van der Waals surface area contributed by atoms with Crippen LogP contribution < -0.4 is 0 Å². The Balaban J connectivity index is 2.48. The normalized spacial score (nSPS) is 15.0. The van der Waals surface area contributed by atoms with Crippen molar-refractivity contribution >= 4 is 0 Å². The smallest absolute Gasteiger partial charge is 0.111 e. The summed E-state index contributed by atoms with van der Waals surface area (Å²) in [5.74, 6) is 0.956. The van der Waals surface area contributed by atoms with E-state index < -0.39 is 0 Å². The monoisotopic (exact) mass is 226 g/mol. The maximum Gasteiger partial charge on any atom is 0.111 e. The molecular formula is C12H22N2O2. The molecule has 0 aliphatic heterocycles. The minimum Gasteiger partial charge on any atom is -0.393 e. The Morgan fingerprint density at radius 3 is 2.94 bits per heavy atom. The van der Waals surface area contributed by atoms with Gasteiger partial charge in [0.1, 0.15) is 5.82 Å². The molecule has 92 valence electrons. The fourth-order valence-corrected chi connectivity index (χ4v) is 1.75. The molecule has 0 aliphatic rings. The van der Waals surface area contributed by atoms with Crippen molar-refractivity contribution < 1.29 is 9.84 Å². The first kappa shape index (κ1) is 13.2. The van der Waals surface area contributed by atoms with Crippen LogP contribution in [0.5, 0.6) is 0 Å². The molecule has 0 amide bonds. The topological polar surface area (TPSA) is 47.3 Å². The van der Waals surface area contributed by atoms with Crippen molar-refractivity contribution in [3.05, 3.63) is 18.2 Å². The quantitative estimate of drug-likeness (QED) is 0.768. The molecule has 4 nitrogen and oxygen atoms in total. The van der Waals surface area contributed by atoms with Crippen LogP contribution in [0.1, 0.15) is 32.5 Å². The molecule has 1 aromatic rings. The van der Waals surface area contributed by atoms with Crippen LogP contribution in [0.25, 0.3) is 0 Å². The minimum atomic E-state index is -0.382. The maximum absolute atomic E-state index is 9.88. The second-order valence-corrected chi connectivity index (χ2v) is 4.18. The Hall–Kier alpha value is -0.870. The first-order valence-electron chi connectivity index (χ1n) is 5.88. The van der Waals surface area contributed by atoms with Gasteiger partial charge in [-0.05, 0) is 19.8 Å². The number of aliphatic hydroxyl groups excluding tert-OH is 1. The van der Waals surface area contributed by atoms with Crippen LogP contribution in [0.15, 0.2) is 12.4 Å². The van der Waals surface area contributed by atoms with Gasteiger partial charge in [0, 0.05) is 32.5 Å². The van der Waals surface area contributed by atoms with Gasteiger partial charge in [0.25, 0.3) is 0 Å². The molecule has 2 atom stereocenters. The zero-order valence-electron chi connectivity index (χ0n) is 10.4. The van der Waals surface area contributed by atoms with E-state index in [4.69, 9.17) is 4.74 Å². The van der Waals surface area contributed by atoms with Crippen molar-refractivity contribution in [1.82, 2.24) is 9.55 Å². The van der Waals surface area contributed by atoms with Crippen molar-refractivity contribution in [2.24, 2.45) is 0 Å². The van der Waals surface area contributed by atoms with Crippen LogP contribution in [0.3, 0.4) is 0 Å². The number of ether oxygens (including phenoxy) is 1. The molecule has 0 saturated carbocycles. The van der Waals surface area contributed by atoms with Gasteiger partial charge in [-0.15, -0.1) is 0 Å². The molecule has 1 N–H and O–H groups in total. The Morgan fingerprint density at radius 2 is 2.31 bits per heavy atom. The van der Waals surface area contributed by atoms with Crippen molar-refractivity contribution in [3.8, 4) is 0 Å². The van der Waals surface area contributed by atoms with Crippen LogP contribution in [0.2, 0.25) is 0 Å². The number of imidazole rings is 1. The Labute approximate surface area is 97.3 Å². The molecular weight excluding hydrogens is 204 g/mol. The van der Waals surface area contributed by atoms with E-state index in [2.05, 4.69) is 16.5 Å². The highest BCUT2D eigenvalue weighted by atomic mass is 16.5. The molecule has 2 unspecified atom stereocenters. The molecule has 0 fully saturated rings. The molecule has 1 heterocycles. The number of hydrogen-bond donors (Lipinski definition) is 1. The Kier molecular flexibility index (Phi) is 5.49. The Morgan fingerprint density at radius 1 is 1.56 bits per heavy atom. The molecule has 0 spiro atoms. The number of rotatable bonds is 7. The summed E-state index contributed by atoms with van der Waals surface area (Å²) in [5, 5.41) is 9.88. The van der Waals surface area contributed by atoms with Gasteiger partial charge in [0.15, 0.2) is 0 Å². The van der Waals surface area contributed by atoms with E-state index in [1.165, 1.54) is 0 Å². The first-order chi connectivity index (χ1) is 7.67. The molecule has 0 aliphatic carbocycles. The van der Waals surface area contributed by atoms with E-state index in [1.807, 2.05) is 13.1 Å². The lowest BCUT2D eigenvalue weighted by molar-refractivity contribution is 0.0554. The lowest BCUT2D eigenvalue weighted by Gasteiger charge is -2.15. The van der Waals surface area contributed by atoms with Crippen LogP contribution in [-0.4, -0.2) is 34.0 Å². The SMILES string of the molecule is CCCn1ccnc1CC(O)CC(C)OC. The number of nitrogens with zero attached hydrogens (tertiary/aromatic N) is 2. The van der Waals surface area contributed by atoms with Gasteiger partial charge in [0.05, 0.1) is 12.2 Å². The van der Waals surface area contributed by atoms with E-state index >= 15 is 0 Å². The molecule has 0 saturated heterocycles. The van der Waals surface area contributed by atoms with E-state index in [0.29, 0.717) is 12.8 Å². The number of aryl methyl sites for hydroxylation is 1. The zero-order chi connectivity index (χ0) is 12.0. The van der Waals surface area contributed by atoms with Gasteiger partial charge in [-0.1, -0.05) is 6.92 Å². The van der Waals surface area contributed by atoms with E-state index in [0.717, 1.165) is 18.8 Å². The Bertz CT molecular complexity index is 299. The molecule has 1 aromatic heterocycles. The lowest BCUT2D eigenvalue weighted by Crippen LogP contribution is -2.21. The number of aliphatic hydroxyl groups is 1. The summed E-state index contributed by atoms with van der Waals surface area (Å²) in [6.07, 6.45) is 5.78. The van der Waals surface area contributed by atoms with Gasteiger partial charge in [-0.3, -0.25) is 0 Å². The van der Waals surface area contributed by atoms with Crippen molar-refractivity contribution in [3.63, 3.8) is 0 Å². The molecule has 0 aromatic carbocycles. The summed E-state index contributed by atoms with van der Waals surface area (Å²) in [4.78, 5) is 4.27. The van der Waals surface area contributed by atoms with E-state index in [-0.39, 0.29) is 12.2 Å². The standard InChI is InChI=1S/C12H22N2O2/c1-4-6-14-7-5-13-12(14)9-11(15)8-10(2)16-3/h5,7,10-11,15H,4,6,8-9H2,1-3H3. The summed E-state index contributed by atoms with van der Waals surface area (Å²) in [7, 11) is 1.66. The average Bonchev–Trinajstić information content (AvgIpc) is 2.66. The van der Waals surface area contributed by atoms with Gasteiger partial charge >= 0.3 is 0 Å². The highest BCUT2D eigenvalue weighted by molar-refractivity contribution is 4.94. The second-order valence-electron chi connectivity index (χ2n) is 4.18. The van der Waals surface area contributed by atoms with Crippen molar-refractivity contribution in [1.29, 1.82) is 0 Å². The number of methoxy groups -OCH3 is 1. The highest BCUT2D eigenvalue weighted by Gasteiger charge is 2.13. The van der Waals surface area contributed by atoms with Gasteiger partial charge in [-0.2, -0.15) is 0 Å². The van der Waals surface area contributed by atoms with Crippen LogP contribution >= 0.6 is 0 Å². The second kappa shape index (κ2) is 6.66. The molecule has 16 heavy (non-hydrogen) atoms. The van der Waals surface area contributed by atoms with E-state index in [9.17, 15) is 5.11 Å². The summed E-state index contributed by atoms with van der Waals surface area (Å²) >= 11 is 0. The fourth-order valence-electron chi connectivity index (χ4n) is 1.75. The number of aromatic nitrogens is 2. The summed E-state index contributed by atoms with van der Waals surface area (Å²) in [6, 6.07) is 0. The first-order valence-corrected chi connectivity index (χ1v) is 5.88. The third kappa shape index (κ3) is 3.94. The average molecular weight is 226 g/mol. The molecule has 0 bridgehead atoms. The predicted molar refractivity (Wildman–Crippen MR) is 63.3 cm³/mol. The number of hydrogen-bond acceptors (Lipinski definition) is 3. The zero-order valence-corrected chi connectivity index (χ0v) is 10.4. The summed E-state index contributed by atoms with van der Waals surface area (Å²) < 4.78 is 7.23. The third-order valence-corrected chi connectivity index (χ3v) is 2.69. The van der Waals surface area contributed by atoms with Gasteiger partial charge < -0.3 is 14.4 Å². The molecule has 0 radical (unpaired) electrons. The fraction of sp³-hybridized carbons (Fsp3) is 0.750. The van der Waals surface area contributed by atoms with E-state index in [1.54, 1.807) is 13.3 Å². The highest BCUT2D eigenvalue weighted by Crippen LogP contribution is 2.08. The van der Waals surface area contributed by atoms with Crippen LogP contribution in [0.4, 0.5) is 0 Å². The predicted octanol–water partition coefficient (Wildman–Crippen LogP) is 1.62. The van der Waals surface area contributed by atoms with Crippen LogP contribution in [-0.2, 0) is 17.7 Å². The summed E-state index contributed by atoms with van der Waals surface area (Å²) in [5.41, 5.74) is 0. The summed E-state index contributed by atoms with van der Waals surface area (Å²) in [6.45, 7) is 5.05. The van der Waals surface area contributed by atoms with Crippen LogP contribution in [0, 0.1) is 0 Å². The van der Waals surface area contributed by atoms with Gasteiger partial charge in [-0.25, -0.2) is 4.98 Å². The van der Waals surface area contributed by atoms with Crippen molar-refractivity contribution in [2.45, 2.75) is 51.9 Å². The maximum atomic E-state index is 9.88. The molecule has 1 rings (SSSR count). The molecule has 4 heteroatoms. The third-order valence-electron chi connectivity index (χ3n) is 2.69. The minimum absolute atomic E-state index is 0.0876. The lowest BCUT2D eigenvalue weighted by atomic mass is 10.1. The van der Waals surface area contributed by atoms with Crippen molar-refractivity contribution in [2.75, 3.05) is 7.11 Å².